The van der Waals surface area contributed by atoms with Gasteiger partial charge in [-0.2, -0.15) is 5.26 Å². The van der Waals surface area contributed by atoms with Gasteiger partial charge >= 0.3 is 0 Å². The van der Waals surface area contributed by atoms with E-state index >= 15 is 0 Å². The third-order valence-electron chi connectivity index (χ3n) is 1.77. The molecule has 0 heterocycles. The van der Waals surface area contributed by atoms with Crippen molar-refractivity contribution < 1.29 is 5.48 Å². The Kier molecular flexibility index (Phi) is 4.03. The zero-order valence-corrected chi connectivity index (χ0v) is 7.39. The first-order valence-electron chi connectivity index (χ1n) is 3.67. The van der Waals surface area contributed by atoms with E-state index in [4.69, 9.17) is 5.26 Å². The Morgan fingerprint density at radius 2 is 2.00 bits per heavy atom. The number of hydrogen-bond acceptors (Lipinski definition) is 1. The predicted octanol–water partition coefficient (Wildman–Crippen LogP) is 1.54. The first-order chi connectivity index (χ1) is 5.24. The molecule has 0 radical (unpaired) electrons. The van der Waals surface area contributed by atoms with Gasteiger partial charge in [-0.3, -0.25) is 0 Å². The molecule has 1 aromatic rings. The smallest absolute Gasteiger partial charge is 0.0669 e. The molecule has 0 bridgehead atoms. The van der Waals surface area contributed by atoms with Gasteiger partial charge in [-0.15, -0.1) is 0 Å². The van der Waals surface area contributed by atoms with Crippen LogP contribution in [0.5, 0.6) is 0 Å². The Labute approximate surface area is 72.8 Å². The van der Waals surface area contributed by atoms with Gasteiger partial charge in [-0.1, -0.05) is 23.8 Å². The van der Waals surface area contributed by atoms with Crippen molar-refractivity contribution in [1.82, 2.24) is 0 Å². The van der Waals surface area contributed by atoms with Crippen molar-refractivity contribution in [1.29, 1.82) is 5.26 Å². The minimum absolute atomic E-state index is 0. The molecule has 0 spiro atoms. The zero-order valence-electron chi connectivity index (χ0n) is 7.39. The maximum absolute atomic E-state index is 8.49. The fourth-order valence-corrected chi connectivity index (χ4v) is 1.08. The highest BCUT2D eigenvalue weighted by atomic mass is 16.0. The second kappa shape index (κ2) is 4.53. The van der Waals surface area contributed by atoms with Gasteiger partial charge in [0.1, 0.15) is 0 Å². The third kappa shape index (κ3) is 2.37. The van der Waals surface area contributed by atoms with Crippen LogP contribution in [0.2, 0.25) is 0 Å². The second-order valence-corrected chi connectivity index (χ2v) is 2.76. The van der Waals surface area contributed by atoms with E-state index in [0.29, 0.717) is 6.42 Å². The Hall–Kier alpha value is -1.33. The summed E-state index contributed by atoms with van der Waals surface area (Å²) in [6.45, 7) is 4.08. The van der Waals surface area contributed by atoms with Gasteiger partial charge < -0.3 is 5.48 Å². The lowest BCUT2D eigenvalue weighted by Crippen LogP contribution is -1.87. The van der Waals surface area contributed by atoms with Crippen molar-refractivity contribution in [3.63, 3.8) is 0 Å². The molecule has 0 aliphatic carbocycles. The molecule has 0 unspecified atom stereocenters. The highest BCUT2D eigenvalue weighted by Crippen LogP contribution is 2.10. The van der Waals surface area contributed by atoms with Gasteiger partial charge in [-0.05, 0) is 25.0 Å². The Morgan fingerprint density at radius 1 is 1.33 bits per heavy atom. The molecule has 2 nitrogen and oxygen atoms in total. The van der Waals surface area contributed by atoms with Crippen LogP contribution in [0.1, 0.15) is 16.7 Å². The average Bonchev–Trinajstić information content (AvgIpc) is 1.98. The molecular weight excluding hydrogens is 150 g/mol. The van der Waals surface area contributed by atoms with Crippen molar-refractivity contribution in [3.8, 4) is 6.07 Å². The summed E-state index contributed by atoms with van der Waals surface area (Å²) in [4.78, 5) is 0. The van der Waals surface area contributed by atoms with E-state index < -0.39 is 0 Å². The summed E-state index contributed by atoms with van der Waals surface area (Å²) in [6.07, 6.45) is 0.521. The second-order valence-electron chi connectivity index (χ2n) is 2.76. The lowest BCUT2D eigenvalue weighted by molar-refractivity contribution is 0.824. The number of nitrogens with zero attached hydrogens (tertiary/aromatic N) is 1. The average molecular weight is 163 g/mol. The van der Waals surface area contributed by atoms with Gasteiger partial charge in [-0.25, -0.2) is 0 Å². The summed E-state index contributed by atoms with van der Waals surface area (Å²) in [5.74, 6) is 0. The van der Waals surface area contributed by atoms with Gasteiger partial charge in [0.25, 0.3) is 0 Å². The van der Waals surface area contributed by atoms with Crippen LogP contribution in [0, 0.1) is 25.2 Å². The quantitative estimate of drug-likeness (QED) is 0.619. The van der Waals surface area contributed by atoms with Crippen molar-refractivity contribution in [3.05, 3.63) is 34.9 Å². The molecule has 12 heavy (non-hydrogen) atoms. The van der Waals surface area contributed by atoms with Crippen LogP contribution in [0.4, 0.5) is 0 Å². The summed E-state index contributed by atoms with van der Waals surface area (Å²) in [5.41, 5.74) is 3.57. The predicted molar refractivity (Wildman–Crippen MR) is 48.8 cm³/mol. The molecule has 0 aliphatic heterocycles. The molecule has 0 saturated heterocycles. The lowest BCUT2D eigenvalue weighted by Gasteiger charge is -2.01. The summed E-state index contributed by atoms with van der Waals surface area (Å²) < 4.78 is 0. The molecule has 0 saturated carbocycles. The van der Waals surface area contributed by atoms with Crippen LogP contribution in [0.3, 0.4) is 0 Å². The highest BCUT2D eigenvalue weighted by Gasteiger charge is 1.96. The summed E-state index contributed by atoms with van der Waals surface area (Å²) in [6, 6.07) is 8.34. The molecule has 1 aromatic carbocycles. The van der Waals surface area contributed by atoms with E-state index in [1.54, 1.807) is 0 Å². The molecule has 2 heteroatoms. The highest BCUT2D eigenvalue weighted by molar-refractivity contribution is 5.32. The van der Waals surface area contributed by atoms with Crippen LogP contribution < -0.4 is 0 Å². The number of rotatable bonds is 1. The van der Waals surface area contributed by atoms with Crippen molar-refractivity contribution in [2.24, 2.45) is 0 Å². The number of aryl methyl sites for hydroxylation is 2. The maximum atomic E-state index is 8.49. The maximum Gasteiger partial charge on any atom is 0.0669 e. The van der Waals surface area contributed by atoms with Crippen LogP contribution >= 0.6 is 0 Å². The van der Waals surface area contributed by atoms with Crippen molar-refractivity contribution in [2.45, 2.75) is 20.3 Å². The van der Waals surface area contributed by atoms with Crippen LogP contribution in [0.15, 0.2) is 18.2 Å². The van der Waals surface area contributed by atoms with E-state index in [9.17, 15) is 0 Å². The van der Waals surface area contributed by atoms with Gasteiger partial charge in [0.15, 0.2) is 0 Å². The van der Waals surface area contributed by atoms with Crippen molar-refractivity contribution >= 4 is 0 Å². The van der Waals surface area contributed by atoms with Gasteiger partial charge in [0.2, 0.25) is 0 Å². The number of benzene rings is 1. The molecule has 0 amide bonds. The van der Waals surface area contributed by atoms with E-state index in [2.05, 4.69) is 24.3 Å². The first kappa shape index (κ1) is 10.7. The summed E-state index contributed by atoms with van der Waals surface area (Å²) in [7, 11) is 0. The van der Waals surface area contributed by atoms with E-state index in [1.807, 2.05) is 13.8 Å². The topological polar surface area (TPSA) is 55.3 Å². The molecule has 2 N–H and O–H groups in total. The van der Waals surface area contributed by atoms with E-state index in [0.717, 1.165) is 5.56 Å². The fraction of sp³-hybridized carbons (Fsp3) is 0.300. The first-order valence-corrected chi connectivity index (χ1v) is 3.67. The van der Waals surface area contributed by atoms with Gasteiger partial charge in [0, 0.05) is 0 Å². The van der Waals surface area contributed by atoms with Crippen LogP contribution in [0.25, 0.3) is 0 Å². The normalized spacial score (nSPS) is 8.42. The zero-order chi connectivity index (χ0) is 8.27. The standard InChI is InChI=1S/C10H11N.H2O/c1-8-3-4-9(2)10(7-8)5-6-11;/h3-4,7H,5H2,1-2H3;1H2. The molecule has 64 valence electrons. The Bertz CT molecular complexity index is 299. The minimum Gasteiger partial charge on any atom is -0.412 e. The van der Waals surface area contributed by atoms with Crippen LogP contribution in [-0.4, -0.2) is 5.48 Å². The van der Waals surface area contributed by atoms with Crippen LogP contribution in [-0.2, 0) is 6.42 Å². The molecular formula is C10H13NO. The Morgan fingerprint density at radius 3 is 2.58 bits per heavy atom. The fourth-order valence-electron chi connectivity index (χ4n) is 1.08. The molecule has 0 aromatic heterocycles. The summed E-state index contributed by atoms with van der Waals surface area (Å²) in [5, 5.41) is 8.49. The molecule has 0 atom stereocenters. The number of hydrogen-bond donors (Lipinski definition) is 0. The Balaban J connectivity index is 0.00000121. The lowest BCUT2D eigenvalue weighted by atomic mass is 10.0. The van der Waals surface area contributed by atoms with Crippen molar-refractivity contribution in [2.75, 3.05) is 0 Å². The third-order valence-corrected chi connectivity index (χ3v) is 1.77. The van der Waals surface area contributed by atoms with E-state index in [-0.39, 0.29) is 5.48 Å². The monoisotopic (exact) mass is 163 g/mol. The summed E-state index contributed by atoms with van der Waals surface area (Å²) >= 11 is 0. The number of nitriles is 1. The molecule has 0 aliphatic rings. The SMILES string of the molecule is Cc1ccc(C)c(CC#N)c1.O. The minimum atomic E-state index is 0. The molecule has 1 rings (SSSR count). The van der Waals surface area contributed by atoms with E-state index in [1.165, 1.54) is 11.1 Å². The largest absolute Gasteiger partial charge is 0.412 e. The van der Waals surface area contributed by atoms with Gasteiger partial charge in [0.05, 0.1) is 12.5 Å². The molecule has 0 fully saturated rings.